The summed E-state index contributed by atoms with van der Waals surface area (Å²) in [4.78, 5) is 11.6. The molecule has 130 valence electrons. The minimum atomic E-state index is -3.28. The van der Waals surface area contributed by atoms with Gasteiger partial charge in [-0.2, -0.15) is 0 Å². The Morgan fingerprint density at radius 1 is 1.35 bits per heavy atom. The third-order valence-electron chi connectivity index (χ3n) is 2.44. The molecule has 0 spiro atoms. The zero-order valence-corrected chi connectivity index (χ0v) is 16.4. The van der Waals surface area contributed by atoms with Crippen LogP contribution in [0, 0.1) is 0 Å². The molecular weight excluding hydrogens is 380 g/mol. The fourth-order valence-electron chi connectivity index (χ4n) is 1.51. The molecule has 0 amide bonds. The average molecular weight is 400 g/mol. The quantitative estimate of drug-likeness (QED) is 0.474. The Morgan fingerprint density at radius 2 is 2.04 bits per heavy atom. The molecule has 0 radical (unpaired) electrons. The first-order valence-corrected chi connectivity index (χ1v) is 10.7. The van der Waals surface area contributed by atoms with Gasteiger partial charge in [-0.3, -0.25) is 9.36 Å². The van der Waals surface area contributed by atoms with E-state index in [4.69, 9.17) is 32.5 Å². The minimum absolute atomic E-state index is 0.193. The van der Waals surface area contributed by atoms with Crippen LogP contribution in [0.15, 0.2) is 18.2 Å². The molecule has 0 heterocycles. The number of rotatable bonds is 9. The lowest BCUT2D eigenvalue weighted by atomic mass is 10.3. The molecule has 0 bridgehead atoms. The minimum Gasteiger partial charge on any atom is -0.462 e. The van der Waals surface area contributed by atoms with E-state index in [9.17, 15) is 9.36 Å². The summed E-state index contributed by atoms with van der Waals surface area (Å²) in [5, 5.41) is 3.36. The van der Waals surface area contributed by atoms with Gasteiger partial charge in [0, 0.05) is 6.07 Å². The first kappa shape index (κ1) is 20.7. The number of nitrogens with one attached hydrogen (secondary N) is 1. The van der Waals surface area contributed by atoms with E-state index < -0.39 is 13.5 Å². The maximum Gasteiger partial charge on any atom is 0.326 e. The Hall–Kier alpha value is -0.390. The van der Waals surface area contributed by atoms with Crippen LogP contribution in [-0.2, 0) is 14.1 Å². The molecule has 1 N–H and O–H groups in total. The Balaban J connectivity index is 2.78. The predicted octanol–water partition coefficient (Wildman–Crippen LogP) is 4.82. The maximum absolute atomic E-state index is 12.9. The second kappa shape index (κ2) is 9.80. The first-order chi connectivity index (χ1) is 10.8. The fourth-order valence-corrected chi connectivity index (χ4v) is 4.95. The number of esters is 1. The van der Waals surface area contributed by atoms with Crippen molar-refractivity contribution in [3.63, 3.8) is 0 Å². The lowest BCUT2D eigenvalue weighted by Gasteiger charge is -2.20. The number of benzene rings is 1. The molecule has 23 heavy (non-hydrogen) atoms. The molecule has 1 aromatic rings. The molecule has 1 unspecified atom stereocenters. The summed E-state index contributed by atoms with van der Waals surface area (Å²) in [6.07, 6.45) is -0.232. The normalized spacial score (nSPS) is 13.7. The molecule has 0 aliphatic heterocycles. The van der Waals surface area contributed by atoms with Gasteiger partial charge in [-0.25, -0.2) is 5.09 Å². The predicted molar refractivity (Wildman–Crippen MR) is 96.9 cm³/mol. The van der Waals surface area contributed by atoms with Crippen molar-refractivity contribution in [2.45, 2.75) is 26.9 Å². The highest BCUT2D eigenvalue weighted by atomic mass is 35.5. The van der Waals surface area contributed by atoms with E-state index in [0.717, 1.165) is 5.75 Å². The topological polar surface area (TPSA) is 64.6 Å². The van der Waals surface area contributed by atoms with Crippen LogP contribution in [-0.4, -0.2) is 29.9 Å². The van der Waals surface area contributed by atoms with Crippen LogP contribution >= 0.6 is 42.5 Å². The van der Waals surface area contributed by atoms with Crippen molar-refractivity contribution in [3.8, 4) is 5.75 Å². The van der Waals surface area contributed by atoms with Gasteiger partial charge in [0.05, 0.1) is 21.6 Å². The lowest BCUT2D eigenvalue weighted by molar-refractivity contribution is -0.145. The Bertz CT molecular complexity index is 586. The van der Waals surface area contributed by atoms with E-state index in [-0.39, 0.29) is 18.1 Å². The van der Waals surface area contributed by atoms with Crippen molar-refractivity contribution in [2.75, 3.05) is 17.8 Å². The van der Waals surface area contributed by atoms with Crippen LogP contribution in [0.2, 0.25) is 10.0 Å². The molecule has 1 rings (SSSR count). The number of ether oxygens (including phenoxy) is 1. The second-order valence-corrected chi connectivity index (χ2v) is 9.51. The molecule has 0 aliphatic carbocycles. The largest absolute Gasteiger partial charge is 0.462 e. The van der Waals surface area contributed by atoms with E-state index in [1.165, 1.54) is 17.8 Å². The zero-order chi connectivity index (χ0) is 17.5. The number of carbonyl (C=O) groups is 1. The summed E-state index contributed by atoms with van der Waals surface area (Å²) in [5.74, 6) is 0.607. The molecule has 0 aromatic heterocycles. The van der Waals surface area contributed by atoms with E-state index in [2.05, 4.69) is 5.09 Å². The van der Waals surface area contributed by atoms with Crippen molar-refractivity contribution in [1.82, 2.24) is 5.09 Å². The van der Waals surface area contributed by atoms with Gasteiger partial charge < -0.3 is 9.26 Å². The molecule has 1 atom stereocenters. The number of halogens is 2. The molecular formula is C14H20Cl2NO4PS. The van der Waals surface area contributed by atoms with Gasteiger partial charge >= 0.3 is 13.5 Å². The van der Waals surface area contributed by atoms with E-state index in [1.807, 2.05) is 6.92 Å². The number of carbonyl (C=O) groups excluding carboxylic acids is 1. The van der Waals surface area contributed by atoms with Crippen LogP contribution < -0.4 is 9.61 Å². The van der Waals surface area contributed by atoms with E-state index in [0.29, 0.717) is 15.8 Å². The molecule has 0 aliphatic rings. The first-order valence-electron chi connectivity index (χ1n) is 7.02. The Morgan fingerprint density at radius 3 is 2.61 bits per heavy atom. The summed E-state index contributed by atoms with van der Waals surface area (Å²) >= 11 is 13.2. The molecule has 0 saturated heterocycles. The van der Waals surface area contributed by atoms with Gasteiger partial charge in [-0.1, -0.05) is 30.1 Å². The van der Waals surface area contributed by atoms with Crippen LogP contribution in [0.5, 0.6) is 5.75 Å². The molecule has 0 fully saturated rings. The third kappa shape index (κ3) is 7.81. The van der Waals surface area contributed by atoms with Crippen LogP contribution in [0.25, 0.3) is 0 Å². The van der Waals surface area contributed by atoms with Gasteiger partial charge in [-0.05, 0) is 31.7 Å². The summed E-state index contributed by atoms with van der Waals surface area (Å²) in [5.41, 5.74) is 0.221. The molecule has 1 aromatic carbocycles. The van der Waals surface area contributed by atoms with Gasteiger partial charge in [0.2, 0.25) is 0 Å². The fraction of sp³-hybridized carbons (Fsp3) is 0.500. The number of hydrogen-bond donors (Lipinski definition) is 1. The second-order valence-electron chi connectivity index (χ2n) is 4.84. The molecule has 9 heteroatoms. The Kier molecular flexibility index (Phi) is 8.80. The van der Waals surface area contributed by atoms with E-state index >= 15 is 0 Å². The van der Waals surface area contributed by atoms with E-state index in [1.54, 1.807) is 26.0 Å². The van der Waals surface area contributed by atoms with Crippen LogP contribution in [0.4, 0.5) is 0 Å². The lowest BCUT2D eigenvalue weighted by Crippen LogP contribution is -2.27. The van der Waals surface area contributed by atoms with Gasteiger partial charge in [-0.15, -0.1) is 11.8 Å². The van der Waals surface area contributed by atoms with Crippen molar-refractivity contribution >= 4 is 48.5 Å². The van der Waals surface area contributed by atoms with Crippen LogP contribution in [0.1, 0.15) is 20.8 Å². The molecule has 0 saturated carbocycles. The van der Waals surface area contributed by atoms with Crippen molar-refractivity contribution in [2.24, 2.45) is 0 Å². The van der Waals surface area contributed by atoms with Gasteiger partial charge in [0.15, 0.2) is 0 Å². The SMILES string of the molecule is CCSCP(=O)(NCC(=O)OC(C)C)Oc1ccc(Cl)c(Cl)c1. The van der Waals surface area contributed by atoms with Gasteiger partial charge in [0.1, 0.15) is 12.3 Å². The van der Waals surface area contributed by atoms with Crippen molar-refractivity contribution < 1.29 is 18.6 Å². The number of thioether (sulfide) groups is 1. The average Bonchev–Trinajstić information content (AvgIpc) is 2.47. The summed E-state index contributed by atoms with van der Waals surface area (Å²) < 4.78 is 23.5. The summed E-state index contributed by atoms with van der Waals surface area (Å²) in [7, 11) is -3.28. The standard InChI is InChI=1S/C14H20Cl2NO4PS/c1-4-23-9-22(19,17-8-14(18)20-10(2)3)21-11-5-6-12(15)13(16)7-11/h5-7,10H,4,8-9H2,1-3H3,(H,17,19). The van der Waals surface area contributed by atoms with Crippen LogP contribution in [0.3, 0.4) is 0 Å². The zero-order valence-electron chi connectivity index (χ0n) is 13.2. The smallest absolute Gasteiger partial charge is 0.326 e. The monoisotopic (exact) mass is 399 g/mol. The Labute approximate surface area is 150 Å². The van der Waals surface area contributed by atoms with Gasteiger partial charge in [0.25, 0.3) is 0 Å². The summed E-state index contributed by atoms with van der Waals surface area (Å²) in [6.45, 7) is 5.25. The summed E-state index contributed by atoms with van der Waals surface area (Å²) in [6, 6.07) is 4.62. The highest BCUT2D eigenvalue weighted by Crippen LogP contribution is 2.46. The molecule has 5 nitrogen and oxygen atoms in total. The third-order valence-corrected chi connectivity index (χ3v) is 6.82. The highest BCUT2D eigenvalue weighted by molar-refractivity contribution is 8.04. The highest BCUT2D eigenvalue weighted by Gasteiger charge is 2.26. The van der Waals surface area contributed by atoms with Crippen molar-refractivity contribution in [3.05, 3.63) is 28.2 Å². The maximum atomic E-state index is 12.9. The van der Waals surface area contributed by atoms with Crippen molar-refractivity contribution in [1.29, 1.82) is 0 Å². The number of hydrogen-bond acceptors (Lipinski definition) is 5.